The van der Waals surface area contributed by atoms with E-state index in [1.165, 1.54) is 6.07 Å². The Morgan fingerprint density at radius 2 is 1.85 bits per heavy atom. The van der Waals surface area contributed by atoms with Gasteiger partial charge in [0.2, 0.25) is 0 Å². The summed E-state index contributed by atoms with van der Waals surface area (Å²) in [6.07, 6.45) is 0. The average molecular weight is 263 g/mol. The Bertz CT molecular complexity index is 812. The maximum atomic E-state index is 11.3. The van der Waals surface area contributed by atoms with Crippen molar-refractivity contribution < 1.29 is 9.90 Å². The highest BCUT2D eigenvalue weighted by Crippen LogP contribution is 2.25. The molecule has 0 fully saturated rings. The first kappa shape index (κ1) is 12.2. The molecule has 0 saturated carbocycles. The molecule has 0 radical (unpaired) electrons. The van der Waals surface area contributed by atoms with Crippen molar-refractivity contribution in [2.45, 2.75) is 0 Å². The lowest BCUT2D eigenvalue weighted by atomic mass is 10.0. The minimum Gasteiger partial charge on any atom is -0.545 e. The zero-order chi connectivity index (χ0) is 14.1. The van der Waals surface area contributed by atoms with Crippen LogP contribution in [0.25, 0.3) is 22.2 Å². The lowest BCUT2D eigenvalue weighted by Gasteiger charge is -2.10. The summed E-state index contributed by atoms with van der Waals surface area (Å²) in [5.41, 5.74) is 8.44. The number of nitrogens with two attached hydrogens (primary N) is 1. The van der Waals surface area contributed by atoms with Crippen molar-refractivity contribution >= 4 is 22.6 Å². The molecule has 1 heterocycles. The first-order valence-corrected chi connectivity index (χ1v) is 6.12. The summed E-state index contributed by atoms with van der Waals surface area (Å²) < 4.78 is 0. The van der Waals surface area contributed by atoms with Gasteiger partial charge in [-0.1, -0.05) is 30.3 Å². The molecule has 1 aromatic heterocycles. The van der Waals surface area contributed by atoms with Crippen LogP contribution in [0, 0.1) is 0 Å². The molecule has 0 aliphatic carbocycles. The minimum absolute atomic E-state index is 0.132. The Labute approximate surface area is 115 Å². The number of carboxylic acids is 1. The summed E-state index contributed by atoms with van der Waals surface area (Å²) in [5.74, 6) is -1.21. The number of carboxylic acid groups (broad SMARTS) is 1. The predicted octanol–water partition coefficient (Wildman–Crippen LogP) is 1.85. The van der Waals surface area contributed by atoms with Gasteiger partial charge in [0.1, 0.15) is 0 Å². The standard InChI is InChI=1S/C16H12N2O2/c17-11-5-3-4-10(8-11)15-9-13(16(19)20)12-6-1-2-7-14(12)18-15/h1-9H,17H2,(H,19,20)/p-1. The average Bonchev–Trinajstić information content (AvgIpc) is 2.46. The second-order valence-electron chi connectivity index (χ2n) is 4.49. The number of nitrogens with zero attached hydrogens (tertiary/aromatic N) is 1. The zero-order valence-corrected chi connectivity index (χ0v) is 10.5. The third-order valence-corrected chi connectivity index (χ3v) is 3.12. The Morgan fingerprint density at radius 1 is 1.05 bits per heavy atom. The molecule has 0 atom stereocenters. The number of nitrogen functional groups attached to an aromatic ring is 1. The second kappa shape index (κ2) is 4.66. The lowest BCUT2D eigenvalue weighted by molar-refractivity contribution is -0.254. The van der Waals surface area contributed by atoms with E-state index in [1.807, 2.05) is 12.1 Å². The number of aromatic carboxylic acids is 1. The molecule has 2 aromatic carbocycles. The smallest absolute Gasteiger partial charge is 0.0722 e. The van der Waals surface area contributed by atoms with Crippen molar-refractivity contribution in [1.82, 2.24) is 4.98 Å². The van der Waals surface area contributed by atoms with Gasteiger partial charge in [0, 0.05) is 22.2 Å². The largest absolute Gasteiger partial charge is 0.545 e. The van der Waals surface area contributed by atoms with Crippen molar-refractivity contribution in [3.63, 3.8) is 0 Å². The van der Waals surface area contributed by atoms with Gasteiger partial charge in [-0.3, -0.25) is 0 Å². The fourth-order valence-corrected chi connectivity index (χ4v) is 2.19. The van der Waals surface area contributed by atoms with E-state index in [4.69, 9.17) is 5.73 Å². The van der Waals surface area contributed by atoms with E-state index in [2.05, 4.69) is 4.98 Å². The highest BCUT2D eigenvalue weighted by molar-refractivity contribution is 6.02. The number of para-hydroxylation sites is 1. The van der Waals surface area contributed by atoms with Crippen LogP contribution in [-0.2, 0) is 0 Å². The number of benzene rings is 2. The molecule has 0 bridgehead atoms. The van der Waals surface area contributed by atoms with E-state index < -0.39 is 5.97 Å². The van der Waals surface area contributed by atoms with Gasteiger partial charge in [-0.15, -0.1) is 0 Å². The summed E-state index contributed by atoms with van der Waals surface area (Å²) in [6, 6.07) is 15.8. The molecular weight excluding hydrogens is 252 g/mol. The van der Waals surface area contributed by atoms with Gasteiger partial charge in [0.25, 0.3) is 0 Å². The van der Waals surface area contributed by atoms with E-state index in [9.17, 15) is 9.90 Å². The molecule has 20 heavy (non-hydrogen) atoms. The topological polar surface area (TPSA) is 79.0 Å². The van der Waals surface area contributed by atoms with Gasteiger partial charge in [-0.2, -0.15) is 0 Å². The molecule has 0 saturated heterocycles. The SMILES string of the molecule is Nc1cccc(-c2cc(C(=O)[O-])c3ccccc3n2)c1. The quantitative estimate of drug-likeness (QED) is 0.715. The Kier molecular flexibility index (Phi) is 2.84. The summed E-state index contributed by atoms with van der Waals surface area (Å²) in [5, 5.41) is 11.9. The summed E-state index contributed by atoms with van der Waals surface area (Å²) in [7, 11) is 0. The number of hydrogen-bond donors (Lipinski definition) is 1. The number of carbonyl (C=O) groups excluding carboxylic acids is 1. The summed E-state index contributed by atoms with van der Waals surface area (Å²) >= 11 is 0. The van der Waals surface area contributed by atoms with Crippen LogP contribution < -0.4 is 10.8 Å². The molecule has 3 aromatic rings. The highest BCUT2D eigenvalue weighted by atomic mass is 16.4. The molecule has 98 valence electrons. The number of rotatable bonds is 2. The number of pyridine rings is 1. The number of carbonyl (C=O) groups is 1. The zero-order valence-electron chi connectivity index (χ0n) is 10.5. The Hall–Kier alpha value is -2.88. The number of aromatic nitrogens is 1. The van der Waals surface area contributed by atoms with Gasteiger partial charge in [0.05, 0.1) is 17.2 Å². The molecule has 3 rings (SSSR count). The fourth-order valence-electron chi connectivity index (χ4n) is 2.19. The molecule has 0 amide bonds. The maximum absolute atomic E-state index is 11.3. The molecular formula is C16H11N2O2-. The Morgan fingerprint density at radius 3 is 2.60 bits per heavy atom. The van der Waals surface area contributed by atoms with E-state index in [0.29, 0.717) is 22.3 Å². The molecule has 0 unspecified atom stereocenters. The van der Waals surface area contributed by atoms with E-state index in [1.54, 1.807) is 36.4 Å². The van der Waals surface area contributed by atoms with Crippen LogP contribution in [0.5, 0.6) is 0 Å². The lowest BCUT2D eigenvalue weighted by Crippen LogP contribution is -2.22. The molecule has 2 N–H and O–H groups in total. The third-order valence-electron chi connectivity index (χ3n) is 3.12. The van der Waals surface area contributed by atoms with Crippen LogP contribution in [-0.4, -0.2) is 11.0 Å². The van der Waals surface area contributed by atoms with Crippen molar-refractivity contribution in [1.29, 1.82) is 0 Å². The van der Waals surface area contributed by atoms with Gasteiger partial charge in [-0.05, 0) is 24.3 Å². The van der Waals surface area contributed by atoms with E-state index >= 15 is 0 Å². The number of anilines is 1. The van der Waals surface area contributed by atoms with E-state index in [-0.39, 0.29) is 5.56 Å². The van der Waals surface area contributed by atoms with Crippen LogP contribution in [0.3, 0.4) is 0 Å². The fraction of sp³-hybridized carbons (Fsp3) is 0. The van der Waals surface area contributed by atoms with Crippen LogP contribution >= 0.6 is 0 Å². The molecule has 0 spiro atoms. The number of fused-ring (bicyclic) bond motifs is 1. The van der Waals surface area contributed by atoms with Crippen LogP contribution in [0.15, 0.2) is 54.6 Å². The normalized spacial score (nSPS) is 10.6. The van der Waals surface area contributed by atoms with Crippen molar-refractivity contribution in [2.24, 2.45) is 0 Å². The maximum Gasteiger partial charge on any atom is 0.0722 e. The van der Waals surface area contributed by atoms with Crippen molar-refractivity contribution in [3.8, 4) is 11.3 Å². The van der Waals surface area contributed by atoms with Crippen LogP contribution in [0.4, 0.5) is 5.69 Å². The first-order valence-electron chi connectivity index (χ1n) is 6.12. The Balaban J connectivity index is 2.30. The second-order valence-corrected chi connectivity index (χ2v) is 4.49. The van der Waals surface area contributed by atoms with E-state index in [0.717, 1.165) is 5.56 Å². The monoisotopic (exact) mass is 263 g/mol. The van der Waals surface area contributed by atoms with Gasteiger partial charge in [-0.25, -0.2) is 4.98 Å². The molecule has 0 aliphatic heterocycles. The van der Waals surface area contributed by atoms with Gasteiger partial charge < -0.3 is 15.6 Å². The van der Waals surface area contributed by atoms with Gasteiger partial charge in [0.15, 0.2) is 0 Å². The summed E-state index contributed by atoms with van der Waals surface area (Å²) in [4.78, 5) is 15.8. The predicted molar refractivity (Wildman–Crippen MR) is 75.9 cm³/mol. The van der Waals surface area contributed by atoms with Gasteiger partial charge >= 0.3 is 0 Å². The van der Waals surface area contributed by atoms with Crippen LogP contribution in [0.1, 0.15) is 10.4 Å². The third kappa shape index (κ3) is 2.07. The summed E-state index contributed by atoms with van der Waals surface area (Å²) in [6.45, 7) is 0. The number of hydrogen-bond acceptors (Lipinski definition) is 4. The van der Waals surface area contributed by atoms with Crippen molar-refractivity contribution in [3.05, 3.63) is 60.2 Å². The first-order chi connectivity index (χ1) is 9.65. The molecule has 4 nitrogen and oxygen atoms in total. The van der Waals surface area contributed by atoms with Crippen molar-refractivity contribution in [2.75, 3.05) is 5.73 Å². The minimum atomic E-state index is -1.21. The highest BCUT2D eigenvalue weighted by Gasteiger charge is 2.08. The van der Waals surface area contributed by atoms with Crippen LogP contribution in [0.2, 0.25) is 0 Å². The molecule has 0 aliphatic rings. The molecule has 4 heteroatoms.